The van der Waals surface area contributed by atoms with Gasteiger partial charge in [0.15, 0.2) is 5.78 Å². The number of carbonyl (C=O) groups is 1. The van der Waals surface area contributed by atoms with Gasteiger partial charge in [-0.1, -0.05) is 42.4 Å². The van der Waals surface area contributed by atoms with Gasteiger partial charge in [0.2, 0.25) is 0 Å². The molecule has 1 unspecified atom stereocenters. The van der Waals surface area contributed by atoms with Crippen molar-refractivity contribution in [3.63, 3.8) is 0 Å². The van der Waals surface area contributed by atoms with Crippen LogP contribution in [0.25, 0.3) is 0 Å². The zero-order valence-corrected chi connectivity index (χ0v) is 10.4. The fraction of sp³-hybridized carbons (Fsp3) is 0.889. The first kappa shape index (κ1) is 13.3. The van der Waals surface area contributed by atoms with Crippen LogP contribution in [0, 0.1) is 5.41 Å². The molecule has 0 fully saturated rings. The number of rotatable bonds is 5. The minimum absolute atomic E-state index is 0.161. The van der Waals surface area contributed by atoms with E-state index in [0.29, 0.717) is 0 Å². The Hall–Kier alpha value is 0.330. The molecule has 4 heteroatoms. The Morgan fingerprint density at radius 2 is 2.00 bits per heavy atom. The number of carbonyl (C=O) groups excluding carboxylic acids is 1. The third kappa shape index (κ3) is 5.60. The van der Waals surface area contributed by atoms with Gasteiger partial charge in [-0.15, -0.1) is 0 Å². The lowest BCUT2D eigenvalue weighted by molar-refractivity contribution is -0.127. The highest BCUT2D eigenvalue weighted by molar-refractivity contribution is 8.76. The summed E-state index contributed by atoms with van der Waals surface area (Å²) in [5.74, 6) is 1.11. The molecular weight excluding hydrogens is 202 g/mol. The van der Waals surface area contributed by atoms with Crippen LogP contribution in [0.2, 0.25) is 0 Å². The molecule has 78 valence electrons. The Balaban J connectivity index is 3.84. The van der Waals surface area contributed by atoms with Crippen molar-refractivity contribution in [3.8, 4) is 0 Å². The molecule has 0 aliphatic rings. The van der Waals surface area contributed by atoms with Crippen molar-refractivity contribution in [2.75, 3.05) is 12.0 Å². The molecule has 0 aromatic rings. The number of nitrogens with two attached hydrogens (primary N) is 1. The van der Waals surface area contributed by atoms with E-state index in [1.165, 1.54) is 0 Å². The Kier molecular flexibility index (Phi) is 6.09. The van der Waals surface area contributed by atoms with E-state index in [4.69, 9.17) is 5.73 Å². The van der Waals surface area contributed by atoms with Gasteiger partial charge in [-0.2, -0.15) is 0 Å². The lowest BCUT2D eigenvalue weighted by Crippen LogP contribution is -2.39. The second-order valence-electron chi connectivity index (χ2n) is 4.00. The molecule has 0 aromatic carbocycles. The number of hydrogen-bond acceptors (Lipinski definition) is 4. The summed E-state index contributed by atoms with van der Waals surface area (Å²) in [5.41, 5.74) is 5.47. The van der Waals surface area contributed by atoms with E-state index in [9.17, 15) is 4.79 Å². The highest BCUT2D eigenvalue weighted by Crippen LogP contribution is 2.21. The Morgan fingerprint density at radius 1 is 1.46 bits per heavy atom. The van der Waals surface area contributed by atoms with Crippen LogP contribution in [-0.2, 0) is 4.79 Å². The molecule has 0 spiro atoms. The van der Waals surface area contributed by atoms with E-state index in [2.05, 4.69) is 0 Å². The van der Waals surface area contributed by atoms with Gasteiger partial charge in [-0.3, -0.25) is 4.79 Å². The van der Waals surface area contributed by atoms with Crippen LogP contribution in [-0.4, -0.2) is 23.8 Å². The molecule has 2 N–H and O–H groups in total. The predicted octanol–water partition coefficient (Wildman–Crippen LogP) is 2.33. The van der Waals surface area contributed by atoms with Gasteiger partial charge in [0.25, 0.3) is 0 Å². The minimum atomic E-state index is -0.302. The second kappa shape index (κ2) is 5.94. The summed E-state index contributed by atoms with van der Waals surface area (Å²) < 4.78 is 0. The zero-order chi connectivity index (χ0) is 10.5. The highest BCUT2D eigenvalue weighted by Gasteiger charge is 2.26. The molecule has 0 rings (SSSR count). The standard InChI is InChI=1S/C9H19NOS2/c1-9(2,3)8(11)7(10)5-6-13-12-4/h7H,5-6,10H2,1-4H3. The van der Waals surface area contributed by atoms with Crippen LogP contribution in [0.3, 0.4) is 0 Å². The largest absolute Gasteiger partial charge is 0.321 e. The van der Waals surface area contributed by atoms with Crippen LogP contribution in [0.15, 0.2) is 0 Å². The van der Waals surface area contributed by atoms with Crippen LogP contribution < -0.4 is 5.73 Å². The molecule has 0 saturated heterocycles. The molecule has 13 heavy (non-hydrogen) atoms. The molecular formula is C9H19NOS2. The van der Waals surface area contributed by atoms with Crippen molar-refractivity contribution in [1.29, 1.82) is 0 Å². The summed E-state index contributed by atoms with van der Waals surface area (Å²) in [6, 6.07) is -0.292. The summed E-state index contributed by atoms with van der Waals surface area (Å²) >= 11 is 0. The predicted molar refractivity (Wildman–Crippen MR) is 63.0 cm³/mol. The van der Waals surface area contributed by atoms with Gasteiger partial charge in [0.05, 0.1) is 6.04 Å². The summed E-state index contributed by atoms with van der Waals surface area (Å²) in [4.78, 5) is 11.6. The van der Waals surface area contributed by atoms with Crippen molar-refractivity contribution < 1.29 is 4.79 Å². The lowest BCUT2D eigenvalue weighted by atomic mass is 9.86. The van der Waals surface area contributed by atoms with E-state index >= 15 is 0 Å². The van der Waals surface area contributed by atoms with Crippen LogP contribution >= 0.6 is 21.6 Å². The molecule has 2 nitrogen and oxygen atoms in total. The fourth-order valence-electron chi connectivity index (χ4n) is 0.946. The molecule has 0 aromatic heterocycles. The monoisotopic (exact) mass is 221 g/mol. The molecule has 0 heterocycles. The van der Waals surface area contributed by atoms with Crippen molar-refractivity contribution in [2.24, 2.45) is 11.1 Å². The maximum Gasteiger partial charge on any atom is 0.154 e. The van der Waals surface area contributed by atoms with Crippen LogP contribution in [0.1, 0.15) is 27.2 Å². The molecule has 0 saturated carbocycles. The van der Waals surface area contributed by atoms with Crippen molar-refractivity contribution in [3.05, 3.63) is 0 Å². The quantitative estimate of drug-likeness (QED) is 0.571. The molecule has 0 amide bonds. The van der Waals surface area contributed by atoms with Gasteiger partial charge in [-0.25, -0.2) is 0 Å². The van der Waals surface area contributed by atoms with Crippen molar-refractivity contribution >= 4 is 27.4 Å². The van der Waals surface area contributed by atoms with Gasteiger partial charge in [-0.05, 0) is 12.7 Å². The highest BCUT2D eigenvalue weighted by atomic mass is 33.1. The first-order valence-electron chi connectivity index (χ1n) is 4.35. The maximum absolute atomic E-state index is 11.6. The molecule has 0 bridgehead atoms. The Labute approximate surface area is 88.8 Å². The average molecular weight is 221 g/mol. The van der Waals surface area contributed by atoms with Crippen molar-refractivity contribution in [1.82, 2.24) is 0 Å². The molecule has 0 aliphatic carbocycles. The topological polar surface area (TPSA) is 43.1 Å². The number of Topliss-reactive ketones (excluding diaryl/α,β-unsaturated/α-hetero) is 1. The second-order valence-corrected chi connectivity index (χ2v) is 6.68. The minimum Gasteiger partial charge on any atom is -0.321 e. The molecule has 1 atom stereocenters. The Morgan fingerprint density at radius 3 is 2.38 bits per heavy atom. The third-order valence-corrected chi connectivity index (χ3v) is 3.55. The van der Waals surface area contributed by atoms with Gasteiger partial charge in [0, 0.05) is 11.2 Å². The first-order chi connectivity index (χ1) is 5.89. The number of ketones is 1. The van der Waals surface area contributed by atoms with E-state index in [1.807, 2.05) is 27.0 Å². The zero-order valence-electron chi connectivity index (χ0n) is 8.79. The summed E-state index contributed by atoms with van der Waals surface area (Å²) in [5, 5.41) is 0. The molecule has 0 aliphatic heterocycles. The fourth-order valence-corrected chi connectivity index (χ4v) is 2.25. The van der Waals surface area contributed by atoms with Crippen LogP contribution in [0.5, 0.6) is 0 Å². The smallest absolute Gasteiger partial charge is 0.154 e. The lowest BCUT2D eigenvalue weighted by Gasteiger charge is -2.21. The Bertz CT molecular complexity index is 165. The average Bonchev–Trinajstić information content (AvgIpc) is 2.01. The summed E-state index contributed by atoms with van der Waals surface area (Å²) in [6.07, 6.45) is 2.81. The van der Waals surface area contributed by atoms with E-state index in [-0.39, 0.29) is 17.2 Å². The summed E-state index contributed by atoms with van der Waals surface area (Å²) in [7, 11) is 3.46. The van der Waals surface area contributed by atoms with E-state index in [1.54, 1.807) is 21.6 Å². The van der Waals surface area contributed by atoms with Crippen molar-refractivity contribution in [2.45, 2.75) is 33.2 Å². The SMILES string of the molecule is CSSCCC(N)C(=O)C(C)(C)C. The van der Waals surface area contributed by atoms with E-state index < -0.39 is 0 Å². The first-order valence-corrected chi connectivity index (χ1v) is 7.08. The molecule has 0 radical (unpaired) electrons. The normalized spacial score (nSPS) is 14.2. The maximum atomic E-state index is 11.6. The van der Waals surface area contributed by atoms with Crippen LogP contribution in [0.4, 0.5) is 0 Å². The van der Waals surface area contributed by atoms with Gasteiger partial charge in [0.1, 0.15) is 0 Å². The van der Waals surface area contributed by atoms with E-state index in [0.717, 1.165) is 12.2 Å². The van der Waals surface area contributed by atoms with Gasteiger partial charge < -0.3 is 5.73 Å². The van der Waals surface area contributed by atoms with Gasteiger partial charge >= 0.3 is 0 Å². The summed E-state index contributed by atoms with van der Waals surface area (Å²) in [6.45, 7) is 5.74. The number of hydrogen-bond donors (Lipinski definition) is 1. The third-order valence-electron chi connectivity index (χ3n) is 1.71.